The van der Waals surface area contributed by atoms with Crippen molar-refractivity contribution in [1.29, 1.82) is 0 Å². The van der Waals surface area contributed by atoms with E-state index in [0.717, 1.165) is 16.5 Å². The number of carbonyl (C=O) groups excluding carboxylic acids is 1. The zero-order valence-electron chi connectivity index (χ0n) is 18.4. The molecule has 1 saturated heterocycles. The lowest BCUT2D eigenvalue weighted by atomic mass is 10.0. The summed E-state index contributed by atoms with van der Waals surface area (Å²) in [5.41, 5.74) is 1.37. The molecule has 1 aliphatic heterocycles. The van der Waals surface area contributed by atoms with Crippen LogP contribution in [0.3, 0.4) is 0 Å². The van der Waals surface area contributed by atoms with Crippen molar-refractivity contribution >= 4 is 68.0 Å². The Hall–Kier alpha value is -2.41. The molecule has 1 amide bonds. The average Bonchev–Trinajstić information content (AvgIpc) is 3.50. The minimum atomic E-state index is -1.40. The van der Waals surface area contributed by atoms with Gasteiger partial charge in [-0.15, -0.1) is 11.3 Å². The minimum absolute atomic E-state index is 0.0464. The lowest BCUT2D eigenvalue weighted by Crippen LogP contribution is -2.52. The quantitative estimate of drug-likeness (QED) is 0.421. The van der Waals surface area contributed by atoms with Gasteiger partial charge >= 0.3 is 5.97 Å². The number of alkyl halides is 1. The highest BCUT2D eigenvalue weighted by atomic mass is 35.5. The van der Waals surface area contributed by atoms with Crippen LogP contribution >= 0.6 is 45.9 Å². The lowest BCUT2D eigenvalue weighted by Gasteiger charge is -2.34. The predicted octanol–water partition coefficient (Wildman–Crippen LogP) is 4.32. The van der Waals surface area contributed by atoms with Crippen LogP contribution in [0.15, 0.2) is 5.38 Å². The third kappa shape index (κ3) is 4.72. The van der Waals surface area contributed by atoms with Gasteiger partial charge in [0.1, 0.15) is 28.1 Å². The number of hydrogen-bond acceptors (Lipinski definition) is 8. The Morgan fingerprint density at radius 1 is 1.32 bits per heavy atom. The summed E-state index contributed by atoms with van der Waals surface area (Å²) in [6, 6.07) is -0.734. The number of thiazole rings is 2. The van der Waals surface area contributed by atoms with Gasteiger partial charge < -0.3 is 25.2 Å². The standard InChI is InChI=1S/C20H21Cl2FN6O3S2/c1-8-12(21)13(22)15(24-8)17(30)25-10-4-5-29(6-9(10)23)20-27-14(16(34-20)18(31)32)11-7-33-19(26-11)28(2)3/h7,9-10,24H,4-6H2,1-3H3,(H,25,30)(H,31,32)/t9-,10+/m0/s1. The minimum Gasteiger partial charge on any atom is -0.477 e. The molecule has 14 heteroatoms. The molecule has 182 valence electrons. The molecule has 0 unspecified atom stereocenters. The summed E-state index contributed by atoms with van der Waals surface area (Å²) in [4.78, 5) is 39.7. The van der Waals surface area contributed by atoms with Crippen molar-refractivity contribution in [2.45, 2.75) is 25.6 Å². The van der Waals surface area contributed by atoms with Gasteiger partial charge in [0.2, 0.25) is 0 Å². The number of rotatable bonds is 6. The van der Waals surface area contributed by atoms with Gasteiger partial charge in [-0.25, -0.2) is 19.2 Å². The Kier molecular flexibility index (Phi) is 7.04. The molecule has 3 aromatic rings. The molecular formula is C20H21Cl2FN6O3S2. The number of piperidine rings is 1. The number of nitrogens with one attached hydrogen (secondary N) is 2. The Bertz CT molecular complexity index is 1240. The van der Waals surface area contributed by atoms with Gasteiger partial charge in [-0.05, 0) is 13.3 Å². The lowest BCUT2D eigenvalue weighted by molar-refractivity contribution is 0.0702. The van der Waals surface area contributed by atoms with E-state index in [1.165, 1.54) is 11.3 Å². The fourth-order valence-corrected chi connectivity index (χ4v) is 5.66. The van der Waals surface area contributed by atoms with E-state index in [2.05, 4.69) is 20.3 Å². The van der Waals surface area contributed by atoms with Crippen LogP contribution < -0.4 is 15.1 Å². The number of aromatic carboxylic acids is 1. The Morgan fingerprint density at radius 3 is 2.62 bits per heavy atom. The molecule has 1 fully saturated rings. The molecular weight excluding hydrogens is 526 g/mol. The maximum absolute atomic E-state index is 15.0. The summed E-state index contributed by atoms with van der Waals surface area (Å²) >= 11 is 14.5. The number of nitrogens with zero attached hydrogens (tertiary/aromatic N) is 4. The summed E-state index contributed by atoms with van der Waals surface area (Å²) in [5, 5.41) is 15.6. The first-order valence-corrected chi connectivity index (χ1v) is 12.6. The second-order valence-corrected chi connectivity index (χ2v) is 10.5. The fraction of sp³-hybridized carbons (Fsp3) is 0.400. The number of aromatic amines is 1. The summed E-state index contributed by atoms with van der Waals surface area (Å²) in [7, 11) is 3.69. The molecule has 0 saturated carbocycles. The normalized spacial score (nSPS) is 18.2. The van der Waals surface area contributed by atoms with Crippen molar-refractivity contribution in [2.75, 3.05) is 37.0 Å². The zero-order valence-corrected chi connectivity index (χ0v) is 21.5. The van der Waals surface area contributed by atoms with Crippen molar-refractivity contribution in [3.63, 3.8) is 0 Å². The second-order valence-electron chi connectivity index (χ2n) is 7.97. The van der Waals surface area contributed by atoms with Gasteiger partial charge in [0, 0.05) is 31.7 Å². The third-order valence-electron chi connectivity index (χ3n) is 5.34. The molecule has 34 heavy (non-hydrogen) atoms. The molecule has 0 radical (unpaired) electrons. The van der Waals surface area contributed by atoms with Crippen molar-refractivity contribution in [3.05, 3.63) is 31.7 Å². The van der Waals surface area contributed by atoms with Gasteiger partial charge in [-0.1, -0.05) is 34.5 Å². The first-order valence-electron chi connectivity index (χ1n) is 10.2. The summed E-state index contributed by atoms with van der Waals surface area (Å²) in [6.45, 7) is 2.02. The highest BCUT2D eigenvalue weighted by Crippen LogP contribution is 2.36. The van der Waals surface area contributed by atoms with Gasteiger partial charge in [0.15, 0.2) is 10.3 Å². The second kappa shape index (κ2) is 9.68. The molecule has 1 aliphatic rings. The molecule has 4 heterocycles. The largest absolute Gasteiger partial charge is 0.477 e. The molecule has 0 aliphatic carbocycles. The van der Waals surface area contributed by atoms with E-state index in [-0.39, 0.29) is 32.9 Å². The molecule has 3 N–H and O–H groups in total. The number of carboxylic acids is 1. The van der Waals surface area contributed by atoms with E-state index in [9.17, 15) is 14.7 Å². The van der Waals surface area contributed by atoms with E-state index in [1.807, 2.05) is 19.0 Å². The molecule has 9 nitrogen and oxygen atoms in total. The van der Waals surface area contributed by atoms with E-state index < -0.39 is 24.1 Å². The monoisotopic (exact) mass is 546 g/mol. The maximum atomic E-state index is 15.0. The van der Waals surface area contributed by atoms with Crippen molar-refractivity contribution < 1.29 is 19.1 Å². The molecule has 0 spiro atoms. The number of H-pyrrole nitrogens is 1. The van der Waals surface area contributed by atoms with Gasteiger partial charge in [-0.3, -0.25) is 4.79 Å². The topological polar surface area (TPSA) is 114 Å². The van der Waals surface area contributed by atoms with E-state index in [1.54, 1.807) is 17.2 Å². The van der Waals surface area contributed by atoms with E-state index in [0.29, 0.717) is 29.5 Å². The fourth-order valence-electron chi connectivity index (χ4n) is 3.55. The first-order chi connectivity index (χ1) is 16.1. The molecule has 4 rings (SSSR count). The SMILES string of the molecule is Cc1[nH]c(C(=O)N[C@@H]2CCN(c3nc(-c4csc(N(C)C)n4)c(C(=O)O)s3)C[C@@H]2F)c(Cl)c1Cl. The summed E-state index contributed by atoms with van der Waals surface area (Å²) in [5.74, 6) is -1.65. The first kappa shape index (κ1) is 24.7. The number of carbonyl (C=O) groups is 2. The zero-order chi connectivity index (χ0) is 24.7. The van der Waals surface area contributed by atoms with Crippen molar-refractivity contribution in [1.82, 2.24) is 20.3 Å². The maximum Gasteiger partial charge on any atom is 0.348 e. The number of anilines is 2. The molecule has 0 aromatic carbocycles. The average molecular weight is 547 g/mol. The van der Waals surface area contributed by atoms with Crippen LogP contribution in [0.5, 0.6) is 0 Å². The molecule has 3 aromatic heterocycles. The van der Waals surface area contributed by atoms with Gasteiger partial charge in [0.25, 0.3) is 5.91 Å². The summed E-state index contributed by atoms with van der Waals surface area (Å²) < 4.78 is 15.0. The van der Waals surface area contributed by atoms with Crippen molar-refractivity contribution in [2.24, 2.45) is 0 Å². The van der Waals surface area contributed by atoms with Crippen LogP contribution in [-0.4, -0.2) is 71.3 Å². The van der Waals surface area contributed by atoms with Crippen molar-refractivity contribution in [3.8, 4) is 11.4 Å². The van der Waals surface area contributed by atoms with E-state index in [4.69, 9.17) is 23.2 Å². The Morgan fingerprint density at radius 2 is 2.06 bits per heavy atom. The van der Waals surface area contributed by atoms with Gasteiger partial charge in [0.05, 0.1) is 22.6 Å². The smallest absolute Gasteiger partial charge is 0.348 e. The predicted molar refractivity (Wildman–Crippen MR) is 133 cm³/mol. The summed E-state index contributed by atoms with van der Waals surface area (Å²) in [6.07, 6.45) is -1.10. The van der Waals surface area contributed by atoms with Crippen LogP contribution in [0.4, 0.5) is 14.7 Å². The number of aryl methyl sites for hydroxylation is 1. The number of hydrogen-bond donors (Lipinski definition) is 3. The van der Waals surface area contributed by atoms with Crippen LogP contribution in [-0.2, 0) is 0 Å². The van der Waals surface area contributed by atoms with E-state index >= 15 is 4.39 Å². The van der Waals surface area contributed by atoms with Crippen LogP contribution in [0.25, 0.3) is 11.4 Å². The molecule has 0 bridgehead atoms. The Labute approximate surface area is 212 Å². The van der Waals surface area contributed by atoms with Crippen LogP contribution in [0.2, 0.25) is 10.0 Å². The third-order valence-corrected chi connectivity index (χ3v) is 8.40. The highest BCUT2D eigenvalue weighted by molar-refractivity contribution is 7.18. The van der Waals surface area contributed by atoms with Crippen LogP contribution in [0, 0.1) is 6.92 Å². The van der Waals surface area contributed by atoms with Crippen LogP contribution in [0.1, 0.15) is 32.3 Å². The number of aromatic nitrogens is 3. The number of amides is 1. The van der Waals surface area contributed by atoms with Gasteiger partial charge in [-0.2, -0.15) is 0 Å². The highest BCUT2D eigenvalue weighted by Gasteiger charge is 2.34. The number of carboxylic acid groups (broad SMARTS) is 1. The Balaban J connectivity index is 1.49. The number of halogens is 3. The molecule has 2 atom stereocenters.